The maximum atomic E-state index is 12.1. The number of carbonyl (C=O) groups excluding carboxylic acids is 1. The van der Waals surface area contributed by atoms with Crippen LogP contribution in [-0.4, -0.2) is 34.9 Å². The van der Waals surface area contributed by atoms with Crippen molar-refractivity contribution in [3.63, 3.8) is 0 Å². The van der Waals surface area contributed by atoms with Crippen LogP contribution >= 0.6 is 11.3 Å². The Balaban J connectivity index is 1.48. The van der Waals surface area contributed by atoms with E-state index in [0.717, 1.165) is 32.0 Å². The molecular weight excluding hydrogens is 294 g/mol. The highest BCUT2D eigenvalue weighted by Gasteiger charge is 2.30. The number of hydrogen-bond donors (Lipinski definition) is 1. The Hall–Kier alpha value is -0.940. The van der Waals surface area contributed by atoms with Gasteiger partial charge in [-0.3, -0.25) is 4.79 Å². The lowest BCUT2D eigenvalue weighted by Gasteiger charge is -2.38. The highest BCUT2D eigenvalue weighted by molar-refractivity contribution is 7.09. The Morgan fingerprint density at radius 1 is 1.45 bits per heavy atom. The predicted octanol–water partition coefficient (Wildman–Crippen LogP) is 3.00. The largest absolute Gasteiger partial charge is 0.342 e. The summed E-state index contributed by atoms with van der Waals surface area (Å²) < 4.78 is 0. The molecule has 1 saturated carbocycles. The summed E-state index contributed by atoms with van der Waals surface area (Å²) in [5, 5.41) is 7.17. The first-order valence-corrected chi connectivity index (χ1v) is 9.39. The second kappa shape index (κ2) is 6.67. The minimum atomic E-state index is 0.104. The second-order valence-electron chi connectivity index (χ2n) is 7.14. The van der Waals surface area contributed by atoms with Gasteiger partial charge in [-0.25, -0.2) is 4.98 Å². The van der Waals surface area contributed by atoms with E-state index < -0.39 is 0 Å². The number of amides is 1. The van der Waals surface area contributed by atoms with Gasteiger partial charge in [-0.05, 0) is 25.2 Å². The number of nitrogens with one attached hydrogen (secondary N) is 1. The van der Waals surface area contributed by atoms with Gasteiger partial charge in [-0.1, -0.05) is 20.8 Å². The van der Waals surface area contributed by atoms with Gasteiger partial charge in [0.05, 0.1) is 10.7 Å². The minimum absolute atomic E-state index is 0.104. The highest BCUT2D eigenvalue weighted by atomic mass is 32.1. The average Bonchev–Trinajstić information content (AvgIpc) is 3.24. The van der Waals surface area contributed by atoms with Crippen molar-refractivity contribution < 1.29 is 4.79 Å². The molecule has 0 aromatic carbocycles. The molecule has 2 aliphatic rings. The van der Waals surface area contributed by atoms with Crippen molar-refractivity contribution in [2.45, 2.75) is 58.5 Å². The quantitative estimate of drug-likeness (QED) is 0.907. The number of aromatic nitrogens is 1. The molecule has 0 spiro atoms. The average molecular weight is 321 g/mol. The van der Waals surface area contributed by atoms with Crippen LogP contribution in [0.4, 0.5) is 0 Å². The molecule has 0 unspecified atom stereocenters. The zero-order chi connectivity index (χ0) is 15.7. The summed E-state index contributed by atoms with van der Waals surface area (Å²) in [7, 11) is 0. The van der Waals surface area contributed by atoms with Crippen LogP contribution in [0.1, 0.15) is 56.7 Å². The topological polar surface area (TPSA) is 45.2 Å². The number of thiazole rings is 1. The first kappa shape index (κ1) is 15.9. The van der Waals surface area contributed by atoms with E-state index in [9.17, 15) is 4.79 Å². The van der Waals surface area contributed by atoms with Gasteiger partial charge in [0, 0.05) is 42.9 Å². The van der Waals surface area contributed by atoms with Gasteiger partial charge in [0.15, 0.2) is 0 Å². The van der Waals surface area contributed by atoms with Crippen LogP contribution in [0.3, 0.4) is 0 Å². The number of likely N-dealkylation sites (tertiary alicyclic amines) is 1. The molecule has 1 aromatic heterocycles. The van der Waals surface area contributed by atoms with Gasteiger partial charge in [-0.15, -0.1) is 11.3 Å². The van der Waals surface area contributed by atoms with Crippen molar-refractivity contribution in [2.24, 2.45) is 11.8 Å². The van der Waals surface area contributed by atoms with Crippen molar-refractivity contribution in [3.8, 4) is 0 Å². The van der Waals surface area contributed by atoms with Crippen molar-refractivity contribution in [1.82, 2.24) is 15.2 Å². The summed E-state index contributed by atoms with van der Waals surface area (Å²) >= 11 is 1.81. The van der Waals surface area contributed by atoms with Crippen LogP contribution in [-0.2, 0) is 11.3 Å². The summed E-state index contributed by atoms with van der Waals surface area (Å²) in [6.07, 6.45) is 3.68. The normalized spacial score (nSPS) is 25.7. The highest BCUT2D eigenvalue weighted by Crippen LogP contribution is 2.41. The molecule has 0 bridgehead atoms. The van der Waals surface area contributed by atoms with Crippen LogP contribution < -0.4 is 5.32 Å². The van der Waals surface area contributed by atoms with Gasteiger partial charge in [0.25, 0.3) is 0 Å². The maximum absolute atomic E-state index is 12.1. The summed E-state index contributed by atoms with van der Waals surface area (Å²) in [5.74, 6) is 1.65. The first-order chi connectivity index (χ1) is 10.5. The van der Waals surface area contributed by atoms with Gasteiger partial charge in [-0.2, -0.15) is 0 Å². The molecule has 1 saturated heterocycles. The molecule has 0 radical (unpaired) electrons. The summed E-state index contributed by atoms with van der Waals surface area (Å²) in [6.45, 7) is 8.82. The lowest BCUT2D eigenvalue weighted by Crippen LogP contribution is -2.50. The van der Waals surface area contributed by atoms with E-state index in [1.54, 1.807) is 0 Å². The standard InChI is InChI=1S/C17H27N3OS/c1-11(2)17(21)20-7-6-15(12(3)9-20)18-8-14-10-22-16(19-14)13-4-5-13/h10-13,15,18H,4-9H2,1-3H3/t12-,15+/m1/s1. The van der Waals surface area contributed by atoms with Crippen molar-refractivity contribution >= 4 is 17.2 Å². The molecule has 1 aliphatic heterocycles. The molecule has 4 nitrogen and oxygen atoms in total. The Kier molecular flexibility index (Phi) is 4.83. The Morgan fingerprint density at radius 3 is 2.86 bits per heavy atom. The lowest BCUT2D eigenvalue weighted by molar-refractivity contribution is -0.136. The monoisotopic (exact) mass is 321 g/mol. The van der Waals surface area contributed by atoms with Crippen molar-refractivity contribution in [1.29, 1.82) is 0 Å². The SMILES string of the molecule is CC(C)C(=O)N1CC[C@H](NCc2csc(C3CC3)n2)[C@H](C)C1. The Bertz CT molecular complexity index is 524. The molecule has 2 heterocycles. The third-order valence-electron chi connectivity index (χ3n) is 4.75. The Labute approximate surface area is 137 Å². The van der Waals surface area contributed by atoms with E-state index in [1.807, 2.05) is 30.1 Å². The number of hydrogen-bond acceptors (Lipinski definition) is 4. The number of piperidine rings is 1. The molecule has 1 aromatic rings. The molecule has 2 fully saturated rings. The van der Waals surface area contributed by atoms with E-state index in [0.29, 0.717) is 17.9 Å². The van der Waals surface area contributed by atoms with E-state index in [1.165, 1.54) is 23.5 Å². The third-order valence-corrected chi connectivity index (χ3v) is 5.81. The van der Waals surface area contributed by atoms with Gasteiger partial charge >= 0.3 is 0 Å². The molecule has 1 aliphatic carbocycles. The molecule has 122 valence electrons. The smallest absolute Gasteiger partial charge is 0.225 e. The van der Waals surface area contributed by atoms with Crippen molar-refractivity contribution in [2.75, 3.05) is 13.1 Å². The fraction of sp³-hybridized carbons (Fsp3) is 0.765. The minimum Gasteiger partial charge on any atom is -0.342 e. The number of rotatable bonds is 5. The molecular formula is C17H27N3OS. The zero-order valence-electron chi connectivity index (χ0n) is 13.8. The first-order valence-electron chi connectivity index (χ1n) is 8.51. The van der Waals surface area contributed by atoms with E-state index >= 15 is 0 Å². The fourth-order valence-electron chi connectivity index (χ4n) is 3.17. The van der Waals surface area contributed by atoms with Crippen LogP contribution in [0.25, 0.3) is 0 Å². The van der Waals surface area contributed by atoms with Crippen LogP contribution in [0, 0.1) is 11.8 Å². The Morgan fingerprint density at radius 2 is 2.23 bits per heavy atom. The number of nitrogens with zero attached hydrogens (tertiary/aromatic N) is 2. The van der Waals surface area contributed by atoms with Crippen LogP contribution in [0.5, 0.6) is 0 Å². The van der Waals surface area contributed by atoms with Crippen molar-refractivity contribution in [3.05, 3.63) is 16.1 Å². The predicted molar refractivity (Wildman–Crippen MR) is 89.9 cm³/mol. The summed E-state index contributed by atoms with van der Waals surface area (Å²) in [5.41, 5.74) is 1.18. The second-order valence-corrected chi connectivity index (χ2v) is 8.03. The molecule has 2 atom stereocenters. The lowest BCUT2D eigenvalue weighted by atomic mass is 9.93. The summed E-state index contributed by atoms with van der Waals surface area (Å²) in [6, 6.07) is 0.488. The van der Waals surface area contributed by atoms with Gasteiger partial charge in [0.1, 0.15) is 0 Å². The third kappa shape index (κ3) is 3.69. The summed E-state index contributed by atoms with van der Waals surface area (Å²) in [4.78, 5) is 18.9. The number of carbonyl (C=O) groups is 1. The molecule has 3 rings (SSSR count). The fourth-order valence-corrected chi connectivity index (χ4v) is 4.16. The maximum Gasteiger partial charge on any atom is 0.225 e. The van der Waals surface area contributed by atoms with Crippen LogP contribution in [0.15, 0.2) is 5.38 Å². The molecule has 1 N–H and O–H groups in total. The van der Waals surface area contributed by atoms with E-state index in [4.69, 9.17) is 4.98 Å². The van der Waals surface area contributed by atoms with E-state index in [-0.39, 0.29) is 5.92 Å². The van der Waals surface area contributed by atoms with E-state index in [2.05, 4.69) is 17.6 Å². The van der Waals surface area contributed by atoms with Crippen LogP contribution in [0.2, 0.25) is 0 Å². The molecule has 5 heteroatoms. The molecule has 1 amide bonds. The van der Waals surface area contributed by atoms with Gasteiger partial charge < -0.3 is 10.2 Å². The molecule has 22 heavy (non-hydrogen) atoms. The van der Waals surface area contributed by atoms with Gasteiger partial charge in [0.2, 0.25) is 5.91 Å². The zero-order valence-corrected chi connectivity index (χ0v) is 14.7.